The summed E-state index contributed by atoms with van der Waals surface area (Å²) < 4.78 is 0. The van der Waals surface area contributed by atoms with Crippen molar-refractivity contribution < 1.29 is 9.90 Å². The van der Waals surface area contributed by atoms with Gasteiger partial charge in [-0.3, -0.25) is 9.78 Å². The molecule has 1 fully saturated rings. The highest BCUT2D eigenvalue weighted by Gasteiger charge is 2.31. The summed E-state index contributed by atoms with van der Waals surface area (Å²) in [6.07, 6.45) is 1.22. The van der Waals surface area contributed by atoms with Gasteiger partial charge in [0.2, 0.25) is 5.91 Å². The molecule has 0 spiro atoms. The molecule has 1 amide bonds. The lowest BCUT2D eigenvalue weighted by Gasteiger charge is -2.19. The van der Waals surface area contributed by atoms with Crippen molar-refractivity contribution in [3.05, 3.63) is 35.5 Å². The average Bonchev–Trinajstić information content (AvgIpc) is 2.68. The standard InChI is InChI=1S/C13H11ClN2O2/c14-10-3-4-11-9(2-1-5-15-11)13(10)16-7-8(17)6-12(16)18/h1-5,8,17H,6-7H2. The molecule has 2 aromatic rings. The number of anilines is 1. The molecule has 92 valence electrons. The molecule has 1 N–H and O–H groups in total. The lowest BCUT2D eigenvalue weighted by molar-refractivity contribution is -0.117. The largest absolute Gasteiger partial charge is 0.391 e. The van der Waals surface area contributed by atoms with Gasteiger partial charge in [0.1, 0.15) is 0 Å². The van der Waals surface area contributed by atoms with Crippen LogP contribution in [-0.2, 0) is 4.79 Å². The van der Waals surface area contributed by atoms with E-state index in [2.05, 4.69) is 4.98 Å². The lowest BCUT2D eigenvalue weighted by Crippen LogP contribution is -2.25. The number of carbonyl (C=O) groups is 1. The fraction of sp³-hybridized carbons (Fsp3) is 0.231. The van der Waals surface area contributed by atoms with E-state index in [1.807, 2.05) is 12.1 Å². The fourth-order valence-corrected chi connectivity index (χ4v) is 2.56. The van der Waals surface area contributed by atoms with Gasteiger partial charge in [0, 0.05) is 11.6 Å². The summed E-state index contributed by atoms with van der Waals surface area (Å²) in [4.78, 5) is 17.6. The molecule has 0 saturated carbocycles. The quantitative estimate of drug-likeness (QED) is 0.855. The Balaban J connectivity index is 2.22. The maximum atomic E-state index is 11.9. The van der Waals surface area contributed by atoms with E-state index >= 15 is 0 Å². The molecule has 1 aromatic carbocycles. The summed E-state index contributed by atoms with van der Waals surface area (Å²) in [7, 11) is 0. The summed E-state index contributed by atoms with van der Waals surface area (Å²) in [6.45, 7) is 0.284. The third-order valence-electron chi connectivity index (χ3n) is 3.08. The first kappa shape index (κ1) is 11.4. The Morgan fingerprint density at radius 1 is 1.39 bits per heavy atom. The molecular weight excluding hydrogens is 252 g/mol. The van der Waals surface area contributed by atoms with Crippen LogP contribution in [0.3, 0.4) is 0 Å². The number of aliphatic hydroxyl groups excluding tert-OH is 1. The summed E-state index contributed by atoms with van der Waals surface area (Å²) in [5, 5.41) is 10.9. The first-order valence-electron chi connectivity index (χ1n) is 5.68. The van der Waals surface area contributed by atoms with E-state index in [1.54, 1.807) is 18.3 Å². The minimum atomic E-state index is -0.625. The van der Waals surface area contributed by atoms with E-state index in [0.29, 0.717) is 10.7 Å². The molecule has 0 radical (unpaired) electrons. The number of halogens is 1. The summed E-state index contributed by atoms with van der Waals surface area (Å²) in [6, 6.07) is 7.23. The zero-order valence-corrected chi connectivity index (χ0v) is 10.3. The third-order valence-corrected chi connectivity index (χ3v) is 3.39. The van der Waals surface area contributed by atoms with Crippen molar-refractivity contribution >= 4 is 34.1 Å². The number of benzene rings is 1. The number of hydrogen-bond donors (Lipinski definition) is 1. The molecule has 18 heavy (non-hydrogen) atoms. The number of hydrogen-bond acceptors (Lipinski definition) is 3. The highest BCUT2D eigenvalue weighted by atomic mass is 35.5. The number of aliphatic hydroxyl groups is 1. The van der Waals surface area contributed by atoms with E-state index in [0.717, 1.165) is 10.9 Å². The highest BCUT2D eigenvalue weighted by Crippen LogP contribution is 2.35. The van der Waals surface area contributed by atoms with Gasteiger partial charge in [-0.1, -0.05) is 11.6 Å². The molecule has 2 heterocycles. The predicted octanol–water partition coefficient (Wildman–Crippen LogP) is 1.99. The first-order chi connectivity index (χ1) is 8.66. The molecule has 4 nitrogen and oxygen atoms in total. The van der Waals surface area contributed by atoms with Crippen LogP contribution >= 0.6 is 11.6 Å². The van der Waals surface area contributed by atoms with E-state index in [9.17, 15) is 9.90 Å². The number of fused-ring (bicyclic) bond motifs is 1. The number of carbonyl (C=O) groups excluding carboxylic acids is 1. The Bertz CT molecular complexity index is 629. The van der Waals surface area contributed by atoms with E-state index in [1.165, 1.54) is 4.90 Å². The molecule has 5 heteroatoms. The molecule has 1 saturated heterocycles. The Morgan fingerprint density at radius 2 is 2.22 bits per heavy atom. The van der Waals surface area contributed by atoms with Crippen LogP contribution in [0.1, 0.15) is 6.42 Å². The minimum Gasteiger partial charge on any atom is -0.391 e. The van der Waals surface area contributed by atoms with E-state index in [4.69, 9.17) is 11.6 Å². The van der Waals surface area contributed by atoms with Gasteiger partial charge >= 0.3 is 0 Å². The summed E-state index contributed by atoms with van der Waals surface area (Å²) in [5.41, 5.74) is 1.43. The van der Waals surface area contributed by atoms with Crippen LogP contribution in [0.25, 0.3) is 10.9 Å². The number of pyridine rings is 1. The SMILES string of the molecule is O=C1CC(O)CN1c1c(Cl)ccc2ncccc12. The second kappa shape index (κ2) is 4.23. The van der Waals surface area contributed by atoms with Crippen LogP contribution in [-0.4, -0.2) is 28.6 Å². The summed E-state index contributed by atoms with van der Waals surface area (Å²) >= 11 is 6.19. The second-order valence-electron chi connectivity index (χ2n) is 4.33. The minimum absolute atomic E-state index is 0.110. The van der Waals surface area contributed by atoms with Crippen LogP contribution in [0, 0.1) is 0 Å². The van der Waals surface area contributed by atoms with Crippen LogP contribution in [0.2, 0.25) is 5.02 Å². The predicted molar refractivity (Wildman–Crippen MR) is 69.7 cm³/mol. The van der Waals surface area contributed by atoms with E-state index < -0.39 is 6.10 Å². The molecule has 0 aliphatic carbocycles. The Hall–Kier alpha value is -1.65. The molecule has 1 atom stereocenters. The van der Waals surface area contributed by atoms with Crippen LogP contribution in [0.4, 0.5) is 5.69 Å². The fourth-order valence-electron chi connectivity index (χ4n) is 2.29. The topological polar surface area (TPSA) is 53.4 Å². The van der Waals surface area contributed by atoms with Crippen molar-refractivity contribution in [2.75, 3.05) is 11.4 Å². The zero-order chi connectivity index (χ0) is 12.7. The maximum Gasteiger partial charge on any atom is 0.229 e. The van der Waals surface area contributed by atoms with Gasteiger partial charge in [0.25, 0.3) is 0 Å². The zero-order valence-electron chi connectivity index (χ0n) is 9.51. The van der Waals surface area contributed by atoms with Crippen LogP contribution < -0.4 is 4.90 Å². The van der Waals surface area contributed by atoms with Crippen molar-refractivity contribution in [3.8, 4) is 0 Å². The summed E-state index contributed by atoms with van der Waals surface area (Å²) in [5.74, 6) is -0.110. The molecule has 0 bridgehead atoms. The van der Waals surface area contributed by atoms with Gasteiger partial charge in [-0.15, -0.1) is 0 Å². The number of amides is 1. The molecule has 1 aliphatic rings. The number of aromatic nitrogens is 1. The van der Waals surface area contributed by atoms with Crippen LogP contribution in [0.5, 0.6) is 0 Å². The Morgan fingerprint density at radius 3 is 2.94 bits per heavy atom. The van der Waals surface area contributed by atoms with Gasteiger partial charge in [0.05, 0.1) is 35.3 Å². The number of nitrogens with zero attached hydrogens (tertiary/aromatic N) is 2. The van der Waals surface area contributed by atoms with Crippen molar-refractivity contribution in [3.63, 3.8) is 0 Å². The molecule has 1 aromatic heterocycles. The van der Waals surface area contributed by atoms with Gasteiger partial charge in [-0.2, -0.15) is 0 Å². The monoisotopic (exact) mass is 262 g/mol. The van der Waals surface area contributed by atoms with Crippen molar-refractivity contribution in [1.29, 1.82) is 0 Å². The Labute approximate surface area is 109 Å². The average molecular weight is 263 g/mol. The maximum absolute atomic E-state index is 11.9. The Kier molecular flexibility index (Phi) is 2.69. The second-order valence-corrected chi connectivity index (χ2v) is 4.74. The third kappa shape index (κ3) is 1.74. The highest BCUT2D eigenvalue weighted by molar-refractivity contribution is 6.35. The molecule has 1 aliphatic heterocycles. The molecule has 3 rings (SSSR count). The van der Waals surface area contributed by atoms with Crippen molar-refractivity contribution in [2.45, 2.75) is 12.5 Å². The van der Waals surface area contributed by atoms with Crippen molar-refractivity contribution in [2.24, 2.45) is 0 Å². The van der Waals surface area contributed by atoms with Gasteiger partial charge < -0.3 is 10.0 Å². The molecule has 1 unspecified atom stereocenters. The molecular formula is C13H11ClN2O2. The van der Waals surface area contributed by atoms with Gasteiger partial charge in [0.15, 0.2) is 0 Å². The first-order valence-corrected chi connectivity index (χ1v) is 6.06. The number of rotatable bonds is 1. The normalized spacial score (nSPS) is 19.8. The lowest BCUT2D eigenvalue weighted by atomic mass is 10.1. The smallest absolute Gasteiger partial charge is 0.229 e. The van der Waals surface area contributed by atoms with Crippen LogP contribution in [0.15, 0.2) is 30.5 Å². The van der Waals surface area contributed by atoms with E-state index in [-0.39, 0.29) is 18.9 Å². The number of β-amino-alcohol motifs (C(OH)–C–C–N with tert-alkyl or cyclic N) is 1. The van der Waals surface area contributed by atoms with Gasteiger partial charge in [-0.25, -0.2) is 0 Å². The van der Waals surface area contributed by atoms with Gasteiger partial charge in [-0.05, 0) is 24.3 Å². The van der Waals surface area contributed by atoms with Crippen molar-refractivity contribution in [1.82, 2.24) is 4.98 Å².